The van der Waals surface area contributed by atoms with E-state index >= 15 is 0 Å². The number of halogens is 1. The number of aromatic nitrogens is 4. The Labute approximate surface area is 198 Å². The van der Waals surface area contributed by atoms with Crippen molar-refractivity contribution >= 4 is 29.9 Å². The molecule has 0 spiro atoms. The van der Waals surface area contributed by atoms with Crippen LogP contribution in [0.15, 0.2) is 38.4 Å². The van der Waals surface area contributed by atoms with Gasteiger partial charge in [-0.2, -0.15) is 5.10 Å². The van der Waals surface area contributed by atoms with E-state index in [-0.39, 0.29) is 24.0 Å². The van der Waals surface area contributed by atoms with E-state index in [1.807, 2.05) is 25.1 Å². The van der Waals surface area contributed by atoms with E-state index < -0.39 is 0 Å². The van der Waals surface area contributed by atoms with Gasteiger partial charge < -0.3 is 19.2 Å². The van der Waals surface area contributed by atoms with Gasteiger partial charge in [0.1, 0.15) is 11.6 Å². The zero-order chi connectivity index (χ0) is 20.8. The fourth-order valence-corrected chi connectivity index (χ4v) is 3.46. The van der Waals surface area contributed by atoms with Gasteiger partial charge in [0.15, 0.2) is 11.7 Å². The molecule has 10 nitrogen and oxygen atoms in total. The van der Waals surface area contributed by atoms with Crippen LogP contribution >= 0.6 is 24.0 Å². The predicted molar refractivity (Wildman–Crippen MR) is 127 cm³/mol. The fourth-order valence-electron chi connectivity index (χ4n) is 3.46. The molecule has 4 rings (SSSR count). The molecule has 0 radical (unpaired) electrons. The number of H-pyrrole nitrogens is 1. The molecule has 0 amide bonds. The normalized spacial score (nSPS) is 15.2. The molecule has 0 saturated carbocycles. The van der Waals surface area contributed by atoms with E-state index in [2.05, 4.69) is 42.4 Å². The quantitative estimate of drug-likeness (QED) is 0.267. The Balaban J connectivity index is 0.00000272. The minimum atomic E-state index is 0. The maximum atomic E-state index is 5.33. The molecular formula is C20H29IN8O2. The highest BCUT2D eigenvalue weighted by Gasteiger charge is 2.20. The number of nitrogens with one attached hydrogen (secondary N) is 2. The zero-order valence-electron chi connectivity index (χ0n) is 17.9. The monoisotopic (exact) mass is 540 g/mol. The van der Waals surface area contributed by atoms with Crippen LogP contribution in [-0.2, 0) is 13.0 Å². The Morgan fingerprint density at radius 2 is 2.13 bits per heavy atom. The van der Waals surface area contributed by atoms with E-state index in [0.29, 0.717) is 24.6 Å². The highest BCUT2D eigenvalue weighted by atomic mass is 127. The summed E-state index contributed by atoms with van der Waals surface area (Å²) in [5, 5.41) is 14.7. The molecule has 0 aliphatic carbocycles. The van der Waals surface area contributed by atoms with Gasteiger partial charge in [0.2, 0.25) is 5.82 Å². The largest absolute Gasteiger partial charge is 0.461 e. The lowest BCUT2D eigenvalue weighted by molar-refractivity contribution is 0.169. The summed E-state index contributed by atoms with van der Waals surface area (Å²) in [6, 6.07) is 5.67. The molecule has 4 heterocycles. The van der Waals surface area contributed by atoms with Gasteiger partial charge in [0.25, 0.3) is 0 Å². The molecule has 1 fully saturated rings. The van der Waals surface area contributed by atoms with Crippen LogP contribution in [0, 0.1) is 6.92 Å². The van der Waals surface area contributed by atoms with Crippen molar-refractivity contribution in [3.63, 3.8) is 0 Å². The minimum absolute atomic E-state index is 0. The smallest absolute Gasteiger partial charge is 0.216 e. The Morgan fingerprint density at radius 1 is 1.29 bits per heavy atom. The van der Waals surface area contributed by atoms with Crippen molar-refractivity contribution in [2.45, 2.75) is 26.8 Å². The van der Waals surface area contributed by atoms with E-state index in [1.54, 1.807) is 6.26 Å². The van der Waals surface area contributed by atoms with Crippen LogP contribution in [0.4, 0.5) is 0 Å². The Morgan fingerprint density at radius 3 is 2.81 bits per heavy atom. The van der Waals surface area contributed by atoms with E-state index in [1.165, 1.54) is 0 Å². The average molecular weight is 540 g/mol. The summed E-state index contributed by atoms with van der Waals surface area (Å²) >= 11 is 0. The fraction of sp³-hybridized carbons (Fsp3) is 0.500. The third-order valence-electron chi connectivity index (χ3n) is 4.95. The number of nitrogens with zero attached hydrogens (tertiary/aromatic N) is 6. The number of hydrogen-bond donors (Lipinski definition) is 2. The van der Waals surface area contributed by atoms with Gasteiger partial charge in [-0.3, -0.25) is 15.0 Å². The summed E-state index contributed by atoms with van der Waals surface area (Å²) in [6.07, 6.45) is 2.30. The highest BCUT2D eigenvalue weighted by Crippen LogP contribution is 2.14. The lowest BCUT2D eigenvalue weighted by Crippen LogP contribution is -2.52. The Kier molecular flexibility index (Phi) is 8.46. The number of aromatic amines is 1. The summed E-state index contributed by atoms with van der Waals surface area (Å²) in [4.78, 5) is 14.0. The zero-order valence-corrected chi connectivity index (χ0v) is 20.2. The SMILES string of the molecule is CCNC(=NCCc1nc(-c2ccco2)n[nH]1)N1CCN(Cc2cc(C)on2)CC1.I. The number of aryl methyl sites for hydroxylation is 1. The van der Waals surface area contributed by atoms with Crippen LogP contribution in [0.2, 0.25) is 0 Å². The minimum Gasteiger partial charge on any atom is -0.461 e. The molecule has 0 atom stereocenters. The molecule has 31 heavy (non-hydrogen) atoms. The number of rotatable bonds is 7. The molecule has 0 aromatic carbocycles. The number of piperazine rings is 1. The van der Waals surface area contributed by atoms with E-state index in [9.17, 15) is 0 Å². The Bertz CT molecular complexity index is 944. The summed E-state index contributed by atoms with van der Waals surface area (Å²) in [5.74, 6) is 3.83. The molecule has 0 unspecified atom stereocenters. The van der Waals surface area contributed by atoms with Gasteiger partial charge in [-0.05, 0) is 26.0 Å². The molecular weight excluding hydrogens is 511 g/mol. The lowest BCUT2D eigenvalue weighted by atomic mass is 10.3. The first-order valence-corrected chi connectivity index (χ1v) is 10.3. The molecule has 168 valence electrons. The molecule has 11 heteroatoms. The third kappa shape index (κ3) is 6.29. The van der Waals surface area contributed by atoms with Gasteiger partial charge in [0.05, 0.1) is 12.0 Å². The number of aliphatic imine (C=N–C) groups is 1. The number of hydrogen-bond acceptors (Lipinski definition) is 7. The molecule has 1 saturated heterocycles. The standard InChI is InChI=1S/C20H28N8O2.HI/c1-3-21-20(22-7-6-18-23-19(25-24-18)17-5-4-12-29-17)28-10-8-27(9-11-28)14-16-13-15(2)30-26-16;/h4-5,12-13H,3,6-11,14H2,1-2H3,(H,21,22)(H,23,24,25);1H. The first kappa shape index (κ1) is 23.3. The van der Waals surface area contributed by atoms with Gasteiger partial charge in [-0.1, -0.05) is 5.16 Å². The van der Waals surface area contributed by atoms with Gasteiger partial charge in [-0.25, -0.2) is 4.98 Å². The van der Waals surface area contributed by atoms with Crippen LogP contribution < -0.4 is 5.32 Å². The third-order valence-corrected chi connectivity index (χ3v) is 4.95. The molecule has 1 aliphatic heterocycles. The summed E-state index contributed by atoms with van der Waals surface area (Å²) in [5.41, 5.74) is 0.988. The summed E-state index contributed by atoms with van der Waals surface area (Å²) in [6.45, 7) is 10.1. The summed E-state index contributed by atoms with van der Waals surface area (Å²) < 4.78 is 10.5. The second kappa shape index (κ2) is 11.3. The lowest BCUT2D eigenvalue weighted by Gasteiger charge is -2.36. The van der Waals surface area contributed by atoms with Crippen molar-refractivity contribution in [1.29, 1.82) is 0 Å². The van der Waals surface area contributed by atoms with Gasteiger partial charge >= 0.3 is 0 Å². The van der Waals surface area contributed by atoms with Crippen LogP contribution in [0.3, 0.4) is 0 Å². The predicted octanol–water partition coefficient (Wildman–Crippen LogP) is 2.30. The average Bonchev–Trinajstić information content (AvgIpc) is 3.50. The van der Waals surface area contributed by atoms with Crippen molar-refractivity contribution in [1.82, 2.24) is 35.5 Å². The topological polar surface area (TPSA) is 112 Å². The van der Waals surface area contributed by atoms with E-state index in [0.717, 1.165) is 62.5 Å². The maximum Gasteiger partial charge on any atom is 0.216 e. The number of guanidine groups is 1. The number of furan rings is 1. The maximum absolute atomic E-state index is 5.33. The van der Waals surface area contributed by atoms with Crippen LogP contribution in [0.25, 0.3) is 11.6 Å². The second-order valence-corrected chi connectivity index (χ2v) is 7.26. The summed E-state index contributed by atoms with van der Waals surface area (Å²) in [7, 11) is 0. The molecule has 3 aromatic rings. The molecule has 1 aliphatic rings. The first-order valence-electron chi connectivity index (χ1n) is 10.3. The molecule has 2 N–H and O–H groups in total. The Hall–Kier alpha value is -2.41. The first-order chi connectivity index (χ1) is 14.7. The van der Waals surface area contributed by atoms with Crippen LogP contribution in [-0.4, -0.2) is 75.4 Å². The van der Waals surface area contributed by atoms with Crippen molar-refractivity contribution in [3.05, 3.63) is 41.7 Å². The van der Waals surface area contributed by atoms with Crippen LogP contribution in [0.5, 0.6) is 0 Å². The highest BCUT2D eigenvalue weighted by molar-refractivity contribution is 14.0. The van der Waals surface area contributed by atoms with Gasteiger partial charge in [0, 0.05) is 58.3 Å². The van der Waals surface area contributed by atoms with Crippen molar-refractivity contribution in [3.8, 4) is 11.6 Å². The molecule has 3 aromatic heterocycles. The van der Waals surface area contributed by atoms with Crippen molar-refractivity contribution in [2.75, 3.05) is 39.3 Å². The van der Waals surface area contributed by atoms with Gasteiger partial charge in [-0.15, -0.1) is 24.0 Å². The van der Waals surface area contributed by atoms with Crippen LogP contribution in [0.1, 0.15) is 24.2 Å². The van der Waals surface area contributed by atoms with Crippen molar-refractivity contribution < 1.29 is 8.94 Å². The second-order valence-electron chi connectivity index (χ2n) is 7.26. The van der Waals surface area contributed by atoms with Crippen molar-refractivity contribution in [2.24, 2.45) is 4.99 Å². The van der Waals surface area contributed by atoms with E-state index in [4.69, 9.17) is 13.9 Å². The molecule has 0 bridgehead atoms.